The van der Waals surface area contributed by atoms with E-state index in [1.165, 1.54) is 0 Å². The van der Waals surface area contributed by atoms with E-state index in [9.17, 15) is 9.59 Å². The molecule has 0 aromatic heterocycles. The Kier molecular flexibility index (Phi) is 6.43. The van der Waals surface area contributed by atoms with E-state index in [0.29, 0.717) is 62.6 Å². The second kappa shape index (κ2) is 8.54. The van der Waals surface area contributed by atoms with Gasteiger partial charge in [-0.3, -0.25) is 9.59 Å². The van der Waals surface area contributed by atoms with Crippen LogP contribution >= 0.6 is 0 Å². The highest BCUT2D eigenvalue weighted by Crippen LogP contribution is 2.23. The second-order valence-electron chi connectivity index (χ2n) is 5.67. The molecule has 1 fully saturated rings. The van der Waals surface area contributed by atoms with Gasteiger partial charge in [-0.2, -0.15) is 0 Å². The number of methoxy groups -OCH3 is 2. The minimum Gasteiger partial charge on any atom is -0.497 e. The Hall–Kier alpha value is -2.28. The van der Waals surface area contributed by atoms with Crippen molar-refractivity contribution in [1.29, 1.82) is 0 Å². The van der Waals surface area contributed by atoms with Gasteiger partial charge >= 0.3 is 0 Å². The number of carbonyl (C=O) groups is 2. The first kappa shape index (κ1) is 18.1. The Morgan fingerprint density at radius 3 is 2.04 bits per heavy atom. The predicted molar refractivity (Wildman–Crippen MR) is 90.3 cm³/mol. The molecule has 0 aliphatic carbocycles. The third-order valence-electron chi connectivity index (χ3n) is 4.11. The summed E-state index contributed by atoms with van der Waals surface area (Å²) in [6, 6.07) is 5.12. The summed E-state index contributed by atoms with van der Waals surface area (Å²) in [6.07, 6.45) is 1.17. The molecule has 7 nitrogen and oxygen atoms in total. The number of carbonyl (C=O) groups excluding carboxylic acids is 2. The Morgan fingerprint density at radius 2 is 1.54 bits per heavy atom. The van der Waals surface area contributed by atoms with Gasteiger partial charge in [0.2, 0.25) is 5.91 Å². The van der Waals surface area contributed by atoms with E-state index in [0.717, 1.165) is 0 Å². The van der Waals surface area contributed by atoms with Crippen LogP contribution in [0.15, 0.2) is 18.2 Å². The third-order valence-corrected chi connectivity index (χ3v) is 4.11. The minimum atomic E-state index is -0.0822. The van der Waals surface area contributed by atoms with E-state index >= 15 is 0 Å². The average molecular weight is 335 g/mol. The van der Waals surface area contributed by atoms with E-state index in [1.807, 2.05) is 0 Å². The van der Waals surface area contributed by atoms with Crippen LogP contribution in [-0.4, -0.2) is 68.6 Å². The van der Waals surface area contributed by atoms with Gasteiger partial charge in [-0.1, -0.05) is 0 Å². The maximum Gasteiger partial charge on any atom is 0.254 e. The lowest BCUT2D eigenvalue weighted by molar-refractivity contribution is -0.132. The van der Waals surface area contributed by atoms with E-state index in [4.69, 9.17) is 15.2 Å². The fourth-order valence-electron chi connectivity index (χ4n) is 2.68. The lowest BCUT2D eigenvalue weighted by atomic mass is 10.1. The van der Waals surface area contributed by atoms with Crippen LogP contribution < -0.4 is 15.2 Å². The van der Waals surface area contributed by atoms with E-state index in [2.05, 4.69) is 0 Å². The summed E-state index contributed by atoms with van der Waals surface area (Å²) in [6.45, 7) is 2.66. The van der Waals surface area contributed by atoms with Crippen molar-refractivity contribution in [1.82, 2.24) is 9.80 Å². The molecule has 0 atom stereocenters. The van der Waals surface area contributed by atoms with Gasteiger partial charge in [0.25, 0.3) is 5.91 Å². The molecule has 0 saturated carbocycles. The first-order valence-corrected chi connectivity index (χ1v) is 8.09. The molecule has 1 aromatic carbocycles. The van der Waals surface area contributed by atoms with E-state index in [-0.39, 0.29) is 11.8 Å². The molecule has 0 bridgehead atoms. The quantitative estimate of drug-likeness (QED) is 0.828. The van der Waals surface area contributed by atoms with Crippen molar-refractivity contribution in [2.75, 3.05) is 46.9 Å². The maximum atomic E-state index is 12.7. The number of piperazine rings is 1. The largest absolute Gasteiger partial charge is 0.497 e. The van der Waals surface area contributed by atoms with Crippen molar-refractivity contribution in [3.05, 3.63) is 23.8 Å². The van der Waals surface area contributed by atoms with Crippen LogP contribution in [0.2, 0.25) is 0 Å². The standard InChI is InChI=1S/C17H25N3O4/c1-23-14-10-13(11-15(12-14)24-2)17(22)20-8-6-19(7-9-20)16(21)4-3-5-18/h10-12H,3-9,18H2,1-2H3. The molecule has 7 heteroatoms. The van der Waals surface area contributed by atoms with Crippen LogP contribution in [0.4, 0.5) is 0 Å². The van der Waals surface area contributed by atoms with E-state index < -0.39 is 0 Å². The van der Waals surface area contributed by atoms with Gasteiger partial charge in [0.1, 0.15) is 11.5 Å². The van der Waals surface area contributed by atoms with Crippen molar-refractivity contribution in [3.8, 4) is 11.5 Å². The number of hydrogen-bond acceptors (Lipinski definition) is 5. The van der Waals surface area contributed by atoms with Gasteiger partial charge in [-0.05, 0) is 25.1 Å². The van der Waals surface area contributed by atoms with Crippen LogP contribution in [0.5, 0.6) is 11.5 Å². The van der Waals surface area contributed by atoms with Gasteiger partial charge in [0.15, 0.2) is 0 Å². The molecule has 24 heavy (non-hydrogen) atoms. The highest BCUT2D eigenvalue weighted by molar-refractivity contribution is 5.95. The van der Waals surface area contributed by atoms with Gasteiger partial charge in [-0.15, -0.1) is 0 Å². The molecule has 1 saturated heterocycles. The lowest BCUT2D eigenvalue weighted by Gasteiger charge is -2.35. The number of rotatable bonds is 6. The smallest absolute Gasteiger partial charge is 0.254 e. The van der Waals surface area contributed by atoms with Gasteiger partial charge in [-0.25, -0.2) is 0 Å². The molecule has 1 aromatic rings. The fraction of sp³-hybridized carbons (Fsp3) is 0.529. The number of nitrogens with zero attached hydrogens (tertiary/aromatic N) is 2. The molecule has 1 heterocycles. The average Bonchev–Trinajstić information content (AvgIpc) is 2.65. The number of nitrogens with two attached hydrogens (primary N) is 1. The summed E-state index contributed by atoms with van der Waals surface area (Å²) in [4.78, 5) is 28.2. The normalized spacial score (nSPS) is 14.5. The molecular formula is C17H25N3O4. The predicted octanol–water partition coefficient (Wildman–Crippen LogP) is 0.727. The number of amides is 2. The Balaban J connectivity index is 1.99. The second-order valence-corrected chi connectivity index (χ2v) is 5.67. The number of ether oxygens (including phenoxy) is 2. The number of benzene rings is 1. The molecule has 0 unspecified atom stereocenters. The highest BCUT2D eigenvalue weighted by atomic mass is 16.5. The molecular weight excluding hydrogens is 310 g/mol. The summed E-state index contributed by atoms with van der Waals surface area (Å²) >= 11 is 0. The van der Waals surface area contributed by atoms with Gasteiger partial charge in [0, 0.05) is 44.2 Å². The lowest BCUT2D eigenvalue weighted by Crippen LogP contribution is -2.50. The molecule has 132 valence electrons. The minimum absolute atomic E-state index is 0.0822. The molecule has 0 spiro atoms. The summed E-state index contributed by atoms with van der Waals surface area (Å²) in [5.41, 5.74) is 5.96. The van der Waals surface area contributed by atoms with Gasteiger partial charge in [0.05, 0.1) is 14.2 Å². The first-order chi connectivity index (χ1) is 11.6. The van der Waals surface area contributed by atoms with Crippen molar-refractivity contribution in [2.45, 2.75) is 12.8 Å². The Bertz CT molecular complexity index is 561. The molecule has 2 amide bonds. The zero-order valence-electron chi connectivity index (χ0n) is 14.3. The molecule has 1 aliphatic heterocycles. The van der Waals surface area contributed by atoms with Crippen LogP contribution in [0, 0.1) is 0 Å². The van der Waals surface area contributed by atoms with Crippen LogP contribution in [0.1, 0.15) is 23.2 Å². The molecule has 2 rings (SSSR count). The van der Waals surface area contributed by atoms with Crippen LogP contribution in [0.25, 0.3) is 0 Å². The monoisotopic (exact) mass is 335 g/mol. The van der Waals surface area contributed by atoms with Crippen molar-refractivity contribution in [3.63, 3.8) is 0 Å². The Morgan fingerprint density at radius 1 is 1.00 bits per heavy atom. The summed E-state index contributed by atoms with van der Waals surface area (Å²) in [5.74, 6) is 1.18. The number of hydrogen-bond donors (Lipinski definition) is 1. The topological polar surface area (TPSA) is 85.1 Å². The fourth-order valence-corrected chi connectivity index (χ4v) is 2.68. The highest BCUT2D eigenvalue weighted by Gasteiger charge is 2.25. The maximum absolute atomic E-state index is 12.7. The first-order valence-electron chi connectivity index (χ1n) is 8.09. The Labute approximate surface area is 142 Å². The third kappa shape index (κ3) is 4.38. The molecule has 2 N–H and O–H groups in total. The summed E-state index contributed by atoms with van der Waals surface area (Å²) in [5, 5.41) is 0. The van der Waals surface area contributed by atoms with Crippen LogP contribution in [0.3, 0.4) is 0 Å². The van der Waals surface area contributed by atoms with Crippen LogP contribution in [-0.2, 0) is 4.79 Å². The van der Waals surface area contributed by atoms with Crippen molar-refractivity contribution >= 4 is 11.8 Å². The zero-order valence-corrected chi connectivity index (χ0v) is 14.3. The van der Waals surface area contributed by atoms with Gasteiger partial charge < -0.3 is 25.0 Å². The van der Waals surface area contributed by atoms with E-state index in [1.54, 1.807) is 42.2 Å². The van der Waals surface area contributed by atoms with Crippen molar-refractivity contribution < 1.29 is 19.1 Å². The molecule has 1 aliphatic rings. The SMILES string of the molecule is COc1cc(OC)cc(C(=O)N2CCN(C(=O)CCCN)CC2)c1. The molecule has 0 radical (unpaired) electrons. The summed E-state index contributed by atoms with van der Waals surface area (Å²) < 4.78 is 10.4. The summed E-state index contributed by atoms with van der Waals surface area (Å²) in [7, 11) is 3.10. The van der Waals surface area contributed by atoms with Crippen molar-refractivity contribution in [2.24, 2.45) is 5.73 Å². The zero-order chi connectivity index (χ0) is 17.5.